The number of esters is 4. The molecule has 0 radical (unpaired) electrons. The van der Waals surface area contributed by atoms with E-state index in [1.807, 2.05) is 4.90 Å². The molecule has 314 valence electrons. The van der Waals surface area contributed by atoms with Gasteiger partial charge in [0.15, 0.2) is 30.4 Å². The van der Waals surface area contributed by atoms with Gasteiger partial charge in [-0.1, -0.05) is 32.4 Å². The van der Waals surface area contributed by atoms with Crippen molar-refractivity contribution < 1.29 is 61.9 Å². The van der Waals surface area contributed by atoms with Gasteiger partial charge in [0.05, 0.1) is 23.9 Å². The van der Waals surface area contributed by atoms with Crippen molar-refractivity contribution in [3.8, 4) is 0 Å². The van der Waals surface area contributed by atoms with Crippen molar-refractivity contribution in [2.24, 2.45) is 35.0 Å². The van der Waals surface area contributed by atoms with E-state index in [-0.39, 0.29) is 54.1 Å². The number of ketones is 1. The van der Waals surface area contributed by atoms with E-state index in [2.05, 4.69) is 33.8 Å². The predicted octanol–water partition coefficient (Wildman–Crippen LogP) is 4.55. The summed E-state index contributed by atoms with van der Waals surface area (Å²) in [4.78, 5) is 78.5. The molecule has 14 heteroatoms. The topological polar surface area (TPSA) is 170 Å². The van der Waals surface area contributed by atoms with Crippen LogP contribution in [0.1, 0.15) is 107 Å². The third-order valence-corrected chi connectivity index (χ3v) is 14.4. The number of nitrogens with zero attached hydrogens (tertiary/aromatic N) is 1. The average Bonchev–Trinajstić information content (AvgIpc) is 3.58. The van der Waals surface area contributed by atoms with Gasteiger partial charge in [-0.2, -0.15) is 0 Å². The smallest absolute Gasteiger partial charge is 0.303 e. The van der Waals surface area contributed by atoms with Crippen molar-refractivity contribution in [1.82, 2.24) is 4.90 Å². The van der Waals surface area contributed by atoms with Crippen LogP contribution < -0.4 is 0 Å². The highest BCUT2D eigenvalue weighted by atomic mass is 16.7. The summed E-state index contributed by atoms with van der Waals surface area (Å²) in [5, 5.41) is 0. The quantitative estimate of drug-likeness (QED) is 0.200. The molecule has 0 aromatic carbocycles. The van der Waals surface area contributed by atoms with Crippen LogP contribution in [0.3, 0.4) is 0 Å². The zero-order chi connectivity index (χ0) is 41.3. The molecule has 0 aromatic heterocycles. The largest absolute Gasteiger partial charge is 0.463 e. The molecule has 14 nitrogen and oxygen atoms in total. The molecule has 7 aliphatic rings. The first-order valence-electron chi connectivity index (χ1n) is 20.7. The first kappa shape index (κ1) is 41.5. The normalized spacial score (nSPS) is 42.3. The lowest BCUT2D eigenvalue weighted by Gasteiger charge is -2.50. The number of rotatable bonds is 7. The SMILES string of the molecule is CC(=O)OC[C@H]1O[C@@H](O[C@H]2CC[C@@]3(C)C(=CC[C@H]4[C@@H]5CC[C@]6(O[C@@H]7C[C@H](C)CN(C(C)=O)[C@H]7[C@H]6C)C(C)=C5C(=O)[C@@H]43)C2)[C@H](OC(C)=O)[C@@H](OC(C)=O)[C@@H]1OC(C)=O. The number of allylic oxidation sites excluding steroid dienone is 2. The fraction of sp³-hybridized carbons (Fsp3) is 0.767. The van der Waals surface area contributed by atoms with Crippen molar-refractivity contribution in [3.63, 3.8) is 0 Å². The van der Waals surface area contributed by atoms with Crippen molar-refractivity contribution in [2.45, 2.75) is 162 Å². The van der Waals surface area contributed by atoms with Crippen molar-refractivity contribution >= 4 is 35.6 Å². The van der Waals surface area contributed by atoms with Crippen LogP contribution in [-0.4, -0.2) is 108 Å². The highest BCUT2D eigenvalue weighted by molar-refractivity contribution is 6.02. The van der Waals surface area contributed by atoms with Gasteiger partial charge in [-0.05, 0) is 80.6 Å². The lowest BCUT2D eigenvalue weighted by Crippen LogP contribution is -2.63. The highest BCUT2D eigenvalue weighted by Gasteiger charge is 2.65. The predicted molar refractivity (Wildman–Crippen MR) is 201 cm³/mol. The second-order valence-electron chi connectivity index (χ2n) is 18.0. The Morgan fingerprint density at radius 2 is 1.56 bits per heavy atom. The lowest BCUT2D eigenvalue weighted by atomic mass is 9.56. The summed E-state index contributed by atoms with van der Waals surface area (Å²) in [5.41, 5.74) is 2.15. The van der Waals surface area contributed by atoms with Gasteiger partial charge < -0.3 is 38.1 Å². The van der Waals surface area contributed by atoms with Gasteiger partial charge >= 0.3 is 23.9 Å². The molecule has 15 atom stereocenters. The Balaban J connectivity index is 1.13. The van der Waals surface area contributed by atoms with Crippen LogP contribution in [0.4, 0.5) is 0 Å². The number of carbonyl (C=O) groups excluding carboxylic acids is 6. The molecule has 0 aromatic rings. The van der Waals surface area contributed by atoms with Crippen molar-refractivity contribution in [2.75, 3.05) is 13.2 Å². The Hall–Kier alpha value is -3.62. The molecule has 5 fully saturated rings. The Bertz CT molecular complexity index is 1750. The first-order valence-corrected chi connectivity index (χ1v) is 20.7. The number of Topliss-reactive ketones (excluding diaryl/α,β-unsaturated/α-hetero) is 1. The van der Waals surface area contributed by atoms with E-state index in [0.717, 1.165) is 48.9 Å². The fourth-order valence-electron chi connectivity index (χ4n) is 12.1. The maximum absolute atomic E-state index is 14.9. The van der Waals surface area contributed by atoms with Crippen LogP contribution in [0.2, 0.25) is 0 Å². The lowest BCUT2D eigenvalue weighted by molar-refractivity contribution is -0.318. The zero-order valence-corrected chi connectivity index (χ0v) is 34.7. The Morgan fingerprint density at radius 1 is 0.895 bits per heavy atom. The number of hydrogen-bond donors (Lipinski definition) is 0. The molecule has 7 rings (SSSR count). The third-order valence-electron chi connectivity index (χ3n) is 14.4. The van der Waals surface area contributed by atoms with Crippen LogP contribution in [0.5, 0.6) is 0 Å². The molecule has 1 spiro atoms. The number of fused-ring (bicyclic) bond motifs is 6. The van der Waals surface area contributed by atoms with E-state index in [4.69, 9.17) is 33.2 Å². The summed E-state index contributed by atoms with van der Waals surface area (Å²) in [6.07, 6.45) is 0.623. The number of likely N-dealkylation sites (tertiary alicyclic amines) is 1. The summed E-state index contributed by atoms with van der Waals surface area (Å²) in [6.45, 7) is 15.5. The van der Waals surface area contributed by atoms with E-state index in [9.17, 15) is 28.8 Å². The third kappa shape index (κ3) is 7.25. The van der Waals surface area contributed by atoms with Crippen LogP contribution in [0.15, 0.2) is 22.8 Å². The number of piperidine rings is 1. The second kappa shape index (κ2) is 15.5. The molecule has 0 bridgehead atoms. The first-order chi connectivity index (χ1) is 26.9. The molecule has 1 amide bonds. The fourth-order valence-corrected chi connectivity index (χ4v) is 12.1. The molecule has 4 aliphatic carbocycles. The summed E-state index contributed by atoms with van der Waals surface area (Å²) < 4.78 is 41.9. The molecule has 0 N–H and O–H groups in total. The summed E-state index contributed by atoms with van der Waals surface area (Å²) in [5.74, 6) is -1.87. The van der Waals surface area contributed by atoms with Crippen LogP contribution >= 0.6 is 0 Å². The van der Waals surface area contributed by atoms with Crippen LogP contribution in [0, 0.1) is 35.0 Å². The zero-order valence-electron chi connectivity index (χ0n) is 34.7. The number of hydrogen-bond acceptors (Lipinski definition) is 13. The van der Waals surface area contributed by atoms with Gasteiger partial charge in [0.2, 0.25) is 5.91 Å². The van der Waals surface area contributed by atoms with Crippen LogP contribution in [0.25, 0.3) is 0 Å². The summed E-state index contributed by atoms with van der Waals surface area (Å²) >= 11 is 0. The van der Waals surface area contributed by atoms with Gasteiger partial charge in [0, 0.05) is 58.6 Å². The molecule has 3 heterocycles. The molecule has 0 unspecified atom stereocenters. The van der Waals surface area contributed by atoms with Gasteiger partial charge in [-0.15, -0.1) is 0 Å². The van der Waals surface area contributed by atoms with Gasteiger partial charge in [0.1, 0.15) is 12.7 Å². The Kier molecular flexibility index (Phi) is 11.3. The van der Waals surface area contributed by atoms with Crippen molar-refractivity contribution in [3.05, 3.63) is 22.8 Å². The van der Waals surface area contributed by atoms with Gasteiger partial charge in [0.25, 0.3) is 0 Å². The Labute approximate surface area is 334 Å². The van der Waals surface area contributed by atoms with Gasteiger partial charge in [-0.25, -0.2) is 0 Å². The number of amides is 1. The Morgan fingerprint density at radius 3 is 2.21 bits per heavy atom. The number of carbonyl (C=O) groups is 6. The number of ether oxygens (including phenoxy) is 7. The standard InChI is InChI=1S/C43H59NO13/c1-20-16-32-36(44(18-20)23(4)45)22(3)43(57-32)15-13-30-31-11-10-28-17-29(12-14-42(28,9)35(31)37(50)34(30)21(43)2)55-41-40(54-27(8)49)39(53-26(7)48)38(52-25(6)47)33(56-41)19-51-24(5)46/h10,20,22,29-33,35-36,38-41H,11-19H2,1-9H3/t20-,22+,29-,30-,31-,32+,33+,35+,36-,38+,39-,40+,41+,42-,43-/m0/s1. The monoisotopic (exact) mass is 797 g/mol. The van der Waals surface area contributed by atoms with E-state index in [1.54, 1.807) is 6.92 Å². The minimum atomic E-state index is -1.32. The molecule has 3 aliphatic heterocycles. The molecule has 3 saturated heterocycles. The highest BCUT2D eigenvalue weighted by Crippen LogP contribution is 2.64. The molecule has 2 saturated carbocycles. The average molecular weight is 798 g/mol. The molecule has 57 heavy (non-hydrogen) atoms. The maximum Gasteiger partial charge on any atom is 0.303 e. The maximum atomic E-state index is 14.9. The minimum Gasteiger partial charge on any atom is -0.463 e. The van der Waals surface area contributed by atoms with Gasteiger partial charge in [-0.3, -0.25) is 28.8 Å². The van der Waals surface area contributed by atoms with E-state index in [0.29, 0.717) is 25.2 Å². The molecular weight excluding hydrogens is 738 g/mol. The van der Waals surface area contributed by atoms with Crippen LogP contribution in [-0.2, 0) is 61.9 Å². The summed E-state index contributed by atoms with van der Waals surface area (Å²) in [6, 6.07) is -0.00646. The van der Waals surface area contributed by atoms with E-state index < -0.39 is 71.7 Å². The van der Waals surface area contributed by atoms with E-state index in [1.165, 1.54) is 27.7 Å². The molecular formula is C43H59NO13. The van der Waals surface area contributed by atoms with E-state index >= 15 is 0 Å². The van der Waals surface area contributed by atoms with Crippen molar-refractivity contribution in [1.29, 1.82) is 0 Å². The second-order valence-corrected chi connectivity index (χ2v) is 18.0. The minimum absolute atomic E-state index is 0.00646. The summed E-state index contributed by atoms with van der Waals surface area (Å²) in [7, 11) is 0.